The van der Waals surface area contributed by atoms with E-state index in [0.29, 0.717) is 6.54 Å². The average molecular weight is 203 g/mol. The molecule has 0 radical (unpaired) electrons. The Hall–Kier alpha value is -0.820. The highest BCUT2D eigenvalue weighted by Gasteiger charge is 2.20. The molecule has 1 aromatic rings. The Labute approximate surface area is 92.7 Å². The first-order valence-electron chi connectivity index (χ1n) is 6.09. The van der Waals surface area contributed by atoms with Crippen molar-refractivity contribution in [2.75, 3.05) is 0 Å². The first-order chi connectivity index (χ1) is 7.31. The molecule has 1 saturated carbocycles. The lowest BCUT2D eigenvalue weighted by Crippen LogP contribution is -2.13. The number of hydrogen-bond acceptors (Lipinski definition) is 1. The highest BCUT2D eigenvalue weighted by atomic mass is 14.5. The number of benzene rings is 1. The van der Waals surface area contributed by atoms with Crippen LogP contribution >= 0.6 is 0 Å². The van der Waals surface area contributed by atoms with Gasteiger partial charge in [-0.1, -0.05) is 44.0 Å². The van der Waals surface area contributed by atoms with E-state index < -0.39 is 0 Å². The summed E-state index contributed by atoms with van der Waals surface area (Å²) in [6.07, 6.45) is 5.45. The highest BCUT2D eigenvalue weighted by molar-refractivity contribution is 5.30. The van der Waals surface area contributed by atoms with Gasteiger partial charge in [-0.15, -0.1) is 0 Å². The molecule has 0 aliphatic heterocycles. The van der Waals surface area contributed by atoms with Gasteiger partial charge in [0.1, 0.15) is 0 Å². The SMILES string of the molecule is CC1CCC(c2ccccc2CN)CC1. The van der Waals surface area contributed by atoms with E-state index in [0.717, 1.165) is 11.8 Å². The first kappa shape index (κ1) is 10.7. The van der Waals surface area contributed by atoms with E-state index in [1.807, 2.05) is 0 Å². The normalized spacial score (nSPS) is 26.5. The maximum Gasteiger partial charge on any atom is 0.0180 e. The van der Waals surface area contributed by atoms with Crippen LogP contribution in [0.4, 0.5) is 0 Å². The molecule has 0 heterocycles. The van der Waals surface area contributed by atoms with E-state index in [4.69, 9.17) is 5.73 Å². The molecule has 1 fully saturated rings. The van der Waals surface area contributed by atoms with Gasteiger partial charge in [-0.2, -0.15) is 0 Å². The van der Waals surface area contributed by atoms with Crippen molar-refractivity contribution < 1.29 is 0 Å². The smallest absolute Gasteiger partial charge is 0.0180 e. The average Bonchev–Trinajstić information content (AvgIpc) is 2.30. The van der Waals surface area contributed by atoms with Crippen LogP contribution in [0.25, 0.3) is 0 Å². The second-order valence-corrected chi connectivity index (χ2v) is 4.86. The van der Waals surface area contributed by atoms with Gasteiger partial charge in [-0.05, 0) is 35.8 Å². The molecule has 0 amide bonds. The zero-order valence-corrected chi connectivity index (χ0v) is 9.58. The maximum atomic E-state index is 5.78. The van der Waals surface area contributed by atoms with Crippen molar-refractivity contribution in [3.63, 3.8) is 0 Å². The molecule has 1 aliphatic rings. The molecule has 15 heavy (non-hydrogen) atoms. The molecule has 0 atom stereocenters. The Morgan fingerprint density at radius 1 is 1.13 bits per heavy atom. The standard InChI is InChI=1S/C14H21N/c1-11-6-8-12(9-7-11)14-5-3-2-4-13(14)10-15/h2-5,11-12H,6-10,15H2,1H3. The van der Waals surface area contributed by atoms with E-state index in [2.05, 4.69) is 31.2 Å². The summed E-state index contributed by atoms with van der Waals surface area (Å²) in [5.74, 6) is 1.69. The molecule has 0 unspecified atom stereocenters. The van der Waals surface area contributed by atoms with Crippen molar-refractivity contribution >= 4 is 0 Å². The molecule has 1 aliphatic carbocycles. The summed E-state index contributed by atoms with van der Waals surface area (Å²) in [5.41, 5.74) is 8.64. The van der Waals surface area contributed by atoms with Gasteiger partial charge in [0.2, 0.25) is 0 Å². The summed E-state index contributed by atoms with van der Waals surface area (Å²) >= 11 is 0. The molecular weight excluding hydrogens is 182 g/mol. The molecular formula is C14H21N. The summed E-state index contributed by atoms with van der Waals surface area (Å²) in [5, 5.41) is 0. The van der Waals surface area contributed by atoms with Gasteiger partial charge in [0, 0.05) is 6.54 Å². The molecule has 0 saturated heterocycles. The Balaban J connectivity index is 2.15. The summed E-state index contributed by atoms with van der Waals surface area (Å²) in [6.45, 7) is 3.05. The van der Waals surface area contributed by atoms with E-state index >= 15 is 0 Å². The fraction of sp³-hybridized carbons (Fsp3) is 0.571. The van der Waals surface area contributed by atoms with E-state index in [1.54, 1.807) is 0 Å². The zero-order chi connectivity index (χ0) is 10.7. The Morgan fingerprint density at radius 3 is 2.47 bits per heavy atom. The van der Waals surface area contributed by atoms with Crippen LogP contribution < -0.4 is 5.73 Å². The van der Waals surface area contributed by atoms with Crippen molar-refractivity contribution in [1.82, 2.24) is 0 Å². The second-order valence-electron chi connectivity index (χ2n) is 4.86. The fourth-order valence-electron chi connectivity index (χ4n) is 2.69. The third kappa shape index (κ3) is 2.40. The van der Waals surface area contributed by atoms with Gasteiger partial charge < -0.3 is 5.73 Å². The van der Waals surface area contributed by atoms with Crippen LogP contribution in [-0.2, 0) is 6.54 Å². The molecule has 1 heteroatoms. The predicted molar refractivity (Wildman–Crippen MR) is 64.7 cm³/mol. The lowest BCUT2D eigenvalue weighted by atomic mass is 9.78. The predicted octanol–water partition coefficient (Wildman–Crippen LogP) is 3.44. The van der Waals surface area contributed by atoms with Gasteiger partial charge in [0.15, 0.2) is 0 Å². The van der Waals surface area contributed by atoms with Crippen molar-refractivity contribution in [3.8, 4) is 0 Å². The van der Waals surface area contributed by atoms with Gasteiger partial charge in [0.05, 0.1) is 0 Å². The molecule has 2 N–H and O–H groups in total. The monoisotopic (exact) mass is 203 g/mol. The minimum absolute atomic E-state index is 0.683. The van der Waals surface area contributed by atoms with Crippen molar-refractivity contribution in [1.29, 1.82) is 0 Å². The number of rotatable bonds is 2. The third-order valence-corrected chi connectivity index (χ3v) is 3.73. The summed E-state index contributed by atoms with van der Waals surface area (Å²) in [6, 6.07) is 8.68. The molecule has 0 bridgehead atoms. The molecule has 1 aromatic carbocycles. The van der Waals surface area contributed by atoms with Crippen LogP contribution in [0.1, 0.15) is 49.7 Å². The lowest BCUT2D eigenvalue weighted by Gasteiger charge is -2.27. The van der Waals surface area contributed by atoms with E-state index in [1.165, 1.54) is 36.8 Å². The van der Waals surface area contributed by atoms with Crippen LogP contribution in [0.15, 0.2) is 24.3 Å². The Morgan fingerprint density at radius 2 is 1.80 bits per heavy atom. The maximum absolute atomic E-state index is 5.78. The lowest BCUT2D eigenvalue weighted by molar-refractivity contribution is 0.347. The molecule has 82 valence electrons. The van der Waals surface area contributed by atoms with Gasteiger partial charge >= 0.3 is 0 Å². The van der Waals surface area contributed by atoms with Crippen molar-refractivity contribution in [2.24, 2.45) is 11.7 Å². The van der Waals surface area contributed by atoms with Crippen LogP contribution in [0.2, 0.25) is 0 Å². The van der Waals surface area contributed by atoms with Gasteiger partial charge in [-0.3, -0.25) is 0 Å². The van der Waals surface area contributed by atoms with Gasteiger partial charge in [0.25, 0.3) is 0 Å². The van der Waals surface area contributed by atoms with Crippen LogP contribution in [0.3, 0.4) is 0 Å². The first-order valence-corrected chi connectivity index (χ1v) is 6.09. The molecule has 2 rings (SSSR count). The minimum atomic E-state index is 0.683. The minimum Gasteiger partial charge on any atom is -0.326 e. The topological polar surface area (TPSA) is 26.0 Å². The zero-order valence-electron chi connectivity index (χ0n) is 9.58. The second kappa shape index (κ2) is 4.80. The number of nitrogens with two attached hydrogens (primary N) is 1. The Bertz CT molecular complexity index is 311. The van der Waals surface area contributed by atoms with Crippen LogP contribution in [0.5, 0.6) is 0 Å². The summed E-state index contributed by atoms with van der Waals surface area (Å²) in [4.78, 5) is 0. The van der Waals surface area contributed by atoms with Gasteiger partial charge in [-0.25, -0.2) is 0 Å². The molecule has 0 spiro atoms. The Kier molecular flexibility index (Phi) is 3.42. The fourth-order valence-corrected chi connectivity index (χ4v) is 2.69. The summed E-state index contributed by atoms with van der Waals surface area (Å²) < 4.78 is 0. The summed E-state index contributed by atoms with van der Waals surface area (Å²) in [7, 11) is 0. The van der Waals surface area contributed by atoms with E-state index in [9.17, 15) is 0 Å². The van der Waals surface area contributed by atoms with E-state index in [-0.39, 0.29) is 0 Å². The molecule has 0 aromatic heterocycles. The highest BCUT2D eigenvalue weighted by Crippen LogP contribution is 2.36. The largest absolute Gasteiger partial charge is 0.326 e. The number of hydrogen-bond donors (Lipinski definition) is 1. The van der Waals surface area contributed by atoms with Crippen LogP contribution in [0, 0.1) is 5.92 Å². The third-order valence-electron chi connectivity index (χ3n) is 3.73. The van der Waals surface area contributed by atoms with Crippen molar-refractivity contribution in [2.45, 2.75) is 45.1 Å². The van der Waals surface area contributed by atoms with Crippen LogP contribution in [-0.4, -0.2) is 0 Å². The quantitative estimate of drug-likeness (QED) is 0.783. The molecule has 1 nitrogen and oxygen atoms in total. The van der Waals surface area contributed by atoms with Crippen molar-refractivity contribution in [3.05, 3.63) is 35.4 Å².